The number of hydrogen-bond donors (Lipinski definition) is 0. The van der Waals surface area contributed by atoms with Crippen LogP contribution in [0.25, 0.3) is 16.3 Å². The molecule has 3 aromatic rings. The second-order valence-corrected chi connectivity index (χ2v) is 17.1. The molecule has 2 aromatic carbocycles. The summed E-state index contributed by atoms with van der Waals surface area (Å²) in [6, 6.07) is 16.1. The third-order valence-electron chi connectivity index (χ3n) is 8.62. The summed E-state index contributed by atoms with van der Waals surface area (Å²) in [5.41, 5.74) is 5.85. The first-order chi connectivity index (χ1) is 22.6. The Morgan fingerprint density at radius 3 is 2.34 bits per heavy atom. The molecule has 0 spiro atoms. The number of anilines is 1. The van der Waals surface area contributed by atoms with Gasteiger partial charge in [-0.1, -0.05) is 53.4 Å². The van der Waals surface area contributed by atoms with Crippen molar-refractivity contribution < 1.29 is 30.5 Å². The van der Waals surface area contributed by atoms with Gasteiger partial charge in [0.15, 0.2) is 6.54 Å². The Hall–Kier alpha value is -2.94. The summed E-state index contributed by atoms with van der Waals surface area (Å²) in [7, 11) is -8.56. The average Bonchev–Trinajstić information content (AvgIpc) is 3.71. The number of benzene rings is 2. The molecular formula is C34H38N3O6S4-. The number of aromatic nitrogens is 1. The number of nitrogens with zero attached hydrogens (tertiary/aromatic N) is 3. The Balaban J connectivity index is 1.31. The molecule has 3 heterocycles. The molecular weight excluding hydrogens is 675 g/mol. The summed E-state index contributed by atoms with van der Waals surface area (Å²) in [5.74, 6) is -0.778. The number of rotatable bonds is 12. The average molecular weight is 713 g/mol. The van der Waals surface area contributed by atoms with Crippen molar-refractivity contribution in [3.05, 3.63) is 93.6 Å². The summed E-state index contributed by atoms with van der Waals surface area (Å²) in [5, 5.41) is 2.02. The Labute approximate surface area is 285 Å². The minimum absolute atomic E-state index is 0.257. The Bertz CT molecular complexity index is 1970. The molecule has 0 amide bonds. The molecule has 1 fully saturated rings. The van der Waals surface area contributed by atoms with E-state index in [0.717, 1.165) is 69.6 Å². The van der Waals surface area contributed by atoms with Crippen molar-refractivity contribution in [1.82, 2.24) is 4.90 Å². The zero-order chi connectivity index (χ0) is 33.0. The summed E-state index contributed by atoms with van der Waals surface area (Å²) in [4.78, 5) is 5.72. The Kier molecular flexibility index (Phi) is 10.6. The number of thioether (sulfide) groups is 1. The number of thiazole rings is 1. The van der Waals surface area contributed by atoms with Gasteiger partial charge < -0.3 is 18.9 Å². The van der Waals surface area contributed by atoms with Crippen LogP contribution in [0.15, 0.2) is 93.5 Å². The maximum Gasteiger partial charge on any atom is 0.262 e. The predicted molar refractivity (Wildman–Crippen MR) is 187 cm³/mol. The quantitative estimate of drug-likeness (QED) is 0.165. The highest BCUT2D eigenvalue weighted by atomic mass is 32.2. The Morgan fingerprint density at radius 1 is 0.830 bits per heavy atom. The maximum atomic E-state index is 11.3. The first-order valence-corrected chi connectivity index (χ1v) is 20.7. The molecule has 0 atom stereocenters. The maximum absolute atomic E-state index is 11.3. The van der Waals surface area contributed by atoms with Crippen LogP contribution in [0.5, 0.6) is 0 Å². The number of allylic oxidation sites excluding steroid dienone is 5. The SMILES string of the molecule is O=S(=O)([O-])CCCN1/C(=C/C=C2\CCC(/C=C/c3sc4ccccc4[n+]3CCCS(=O)(=O)[O-])=C2N2CCCCC2)Sc2ccccc21. The lowest BCUT2D eigenvalue weighted by Gasteiger charge is -2.31. The van der Waals surface area contributed by atoms with Gasteiger partial charge in [-0.05, 0) is 80.0 Å². The molecule has 13 heteroatoms. The second kappa shape index (κ2) is 14.7. The van der Waals surface area contributed by atoms with Crippen LogP contribution in [-0.2, 0) is 26.8 Å². The largest absolute Gasteiger partial charge is 0.748 e. The highest BCUT2D eigenvalue weighted by molar-refractivity contribution is 8.03. The molecule has 1 aliphatic carbocycles. The highest BCUT2D eigenvalue weighted by Crippen LogP contribution is 2.46. The molecule has 0 N–H and O–H groups in total. The van der Waals surface area contributed by atoms with E-state index in [1.807, 2.05) is 36.4 Å². The van der Waals surface area contributed by atoms with Gasteiger partial charge in [-0.3, -0.25) is 0 Å². The summed E-state index contributed by atoms with van der Waals surface area (Å²) >= 11 is 3.31. The number of hydrogen-bond acceptors (Lipinski definition) is 10. The highest BCUT2D eigenvalue weighted by Gasteiger charge is 2.27. The van der Waals surface area contributed by atoms with Crippen LogP contribution in [0.3, 0.4) is 0 Å². The molecule has 47 heavy (non-hydrogen) atoms. The van der Waals surface area contributed by atoms with E-state index in [0.29, 0.717) is 13.1 Å². The van der Waals surface area contributed by atoms with E-state index < -0.39 is 20.2 Å². The smallest absolute Gasteiger partial charge is 0.262 e. The molecule has 0 bridgehead atoms. The van der Waals surface area contributed by atoms with E-state index in [9.17, 15) is 25.9 Å². The molecule has 250 valence electrons. The number of para-hydroxylation sites is 2. The van der Waals surface area contributed by atoms with Crippen molar-refractivity contribution >= 4 is 65.3 Å². The fourth-order valence-electron chi connectivity index (χ4n) is 6.52. The van der Waals surface area contributed by atoms with Gasteiger partial charge in [0.25, 0.3) is 5.01 Å². The van der Waals surface area contributed by atoms with Crippen molar-refractivity contribution in [3.63, 3.8) is 0 Å². The molecule has 6 rings (SSSR count). The third-order valence-corrected chi connectivity index (χ3v) is 12.5. The van der Waals surface area contributed by atoms with Crippen LogP contribution in [0.2, 0.25) is 0 Å². The molecule has 0 radical (unpaired) electrons. The Morgan fingerprint density at radius 2 is 1.55 bits per heavy atom. The third kappa shape index (κ3) is 8.57. The standard InChI is InChI=1S/C34H39N3O6S4/c38-46(39,40)24-8-22-36-28-10-2-4-12-30(28)44-32(36)18-16-26-14-15-27(34(26)35-20-6-1-7-21-35)17-19-33-37(23-9-25-47(41,42)43)29-11-3-5-13-31(29)45-33/h2-5,10-13,16-19H,1,6-9,14-15,20-25H2,(H-,38,39,40,41,42,43)/p-1. The molecule has 0 unspecified atom stereocenters. The van der Waals surface area contributed by atoms with Gasteiger partial charge in [-0.25, -0.2) is 16.8 Å². The monoisotopic (exact) mass is 712 g/mol. The molecule has 1 aromatic heterocycles. The van der Waals surface area contributed by atoms with E-state index in [1.54, 1.807) is 23.1 Å². The number of piperidine rings is 1. The van der Waals surface area contributed by atoms with E-state index in [2.05, 4.69) is 50.8 Å². The van der Waals surface area contributed by atoms with Gasteiger partial charge in [-0.2, -0.15) is 4.57 Å². The van der Waals surface area contributed by atoms with Gasteiger partial charge in [-0.15, -0.1) is 0 Å². The fraction of sp³-hybridized carbons (Fsp3) is 0.382. The summed E-state index contributed by atoms with van der Waals surface area (Å²) in [6.45, 7) is 2.89. The van der Waals surface area contributed by atoms with E-state index in [-0.39, 0.29) is 24.3 Å². The lowest BCUT2D eigenvalue weighted by Crippen LogP contribution is -2.36. The van der Waals surface area contributed by atoms with E-state index in [1.165, 1.54) is 23.3 Å². The van der Waals surface area contributed by atoms with Gasteiger partial charge in [0.05, 0.1) is 31.0 Å². The zero-order valence-corrected chi connectivity index (χ0v) is 29.3. The van der Waals surface area contributed by atoms with Crippen molar-refractivity contribution in [2.45, 2.75) is 56.4 Å². The summed E-state index contributed by atoms with van der Waals surface area (Å²) < 4.78 is 70.9. The number of likely N-dealkylation sites (tertiary alicyclic amines) is 1. The molecule has 0 saturated carbocycles. The number of aryl methyl sites for hydroxylation is 1. The molecule has 2 aliphatic heterocycles. The van der Waals surface area contributed by atoms with Crippen molar-refractivity contribution in [2.24, 2.45) is 0 Å². The first kappa shape index (κ1) is 33.9. The molecule has 9 nitrogen and oxygen atoms in total. The van der Waals surface area contributed by atoms with Gasteiger partial charge in [0.1, 0.15) is 4.70 Å². The van der Waals surface area contributed by atoms with Crippen molar-refractivity contribution in [2.75, 3.05) is 36.0 Å². The lowest BCUT2D eigenvalue weighted by atomic mass is 10.1. The topological polar surface area (TPSA) is 125 Å². The van der Waals surface area contributed by atoms with Gasteiger partial charge in [0.2, 0.25) is 5.52 Å². The first-order valence-electron chi connectivity index (χ1n) is 16.0. The van der Waals surface area contributed by atoms with Crippen LogP contribution in [0.4, 0.5) is 5.69 Å². The second-order valence-electron chi connectivity index (χ2n) is 12.0. The van der Waals surface area contributed by atoms with Gasteiger partial charge >= 0.3 is 0 Å². The molecule has 1 saturated heterocycles. The number of fused-ring (bicyclic) bond motifs is 2. The van der Waals surface area contributed by atoms with Crippen molar-refractivity contribution in [1.29, 1.82) is 0 Å². The van der Waals surface area contributed by atoms with Gasteiger partial charge in [0, 0.05) is 60.3 Å². The van der Waals surface area contributed by atoms with Crippen LogP contribution in [-0.4, -0.2) is 62.0 Å². The van der Waals surface area contributed by atoms with Crippen molar-refractivity contribution in [3.8, 4) is 0 Å². The van der Waals surface area contributed by atoms with Crippen LogP contribution >= 0.6 is 23.1 Å². The summed E-state index contributed by atoms with van der Waals surface area (Å²) in [6.07, 6.45) is 14.5. The zero-order valence-electron chi connectivity index (χ0n) is 26.0. The van der Waals surface area contributed by atoms with Crippen LogP contribution < -0.4 is 9.47 Å². The predicted octanol–water partition coefficient (Wildman–Crippen LogP) is 5.99. The normalized spacial score (nSPS) is 19.3. The fourth-order valence-corrected chi connectivity index (χ4v) is 9.66. The minimum Gasteiger partial charge on any atom is -0.748 e. The van der Waals surface area contributed by atoms with E-state index in [4.69, 9.17) is 0 Å². The lowest BCUT2D eigenvalue weighted by molar-refractivity contribution is -0.668. The minimum atomic E-state index is -4.28. The van der Waals surface area contributed by atoms with Crippen LogP contribution in [0.1, 0.15) is 50.0 Å². The molecule has 3 aliphatic rings. The van der Waals surface area contributed by atoms with E-state index >= 15 is 0 Å². The van der Waals surface area contributed by atoms with Crippen LogP contribution in [0, 0.1) is 0 Å².